The standard InChI is InChI=1S/C16H19F3N2O3/c1-9-7-10(16(17,18)19)8-12(20-9)21-11(5-6-13(21)22)14(23)24-15(2,3)4/h7-8,11H,5-6H2,1-4H3/t11-/m0/s1. The molecule has 2 heterocycles. The maximum atomic E-state index is 13.0. The summed E-state index contributed by atoms with van der Waals surface area (Å²) in [6.07, 6.45) is -4.32. The fraction of sp³-hybridized carbons (Fsp3) is 0.562. The lowest BCUT2D eigenvalue weighted by molar-refractivity contribution is -0.156. The summed E-state index contributed by atoms with van der Waals surface area (Å²) in [5.41, 5.74) is -1.55. The van der Waals surface area contributed by atoms with E-state index in [0.29, 0.717) is 0 Å². The van der Waals surface area contributed by atoms with Gasteiger partial charge in [0.15, 0.2) is 0 Å². The molecule has 1 fully saturated rings. The topological polar surface area (TPSA) is 59.5 Å². The first-order valence-corrected chi connectivity index (χ1v) is 7.49. The maximum Gasteiger partial charge on any atom is 0.416 e. The van der Waals surface area contributed by atoms with Gasteiger partial charge in [0.05, 0.1) is 5.56 Å². The van der Waals surface area contributed by atoms with E-state index in [9.17, 15) is 22.8 Å². The van der Waals surface area contributed by atoms with Crippen LogP contribution in [0.15, 0.2) is 12.1 Å². The van der Waals surface area contributed by atoms with Crippen molar-refractivity contribution in [2.45, 2.75) is 58.4 Å². The molecule has 1 atom stereocenters. The Morgan fingerprint density at radius 3 is 2.46 bits per heavy atom. The fourth-order valence-corrected chi connectivity index (χ4v) is 2.50. The van der Waals surface area contributed by atoms with Crippen LogP contribution in [0.3, 0.4) is 0 Å². The average Bonchev–Trinajstić information content (AvgIpc) is 2.77. The molecule has 0 spiro atoms. The van der Waals surface area contributed by atoms with Crippen LogP contribution in [0.5, 0.6) is 0 Å². The van der Waals surface area contributed by atoms with E-state index in [1.165, 1.54) is 6.92 Å². The molecule has 1 aromatic rings. The van der Waals surface area contributed by atoms with Crippen LogP contribution in [0.1, 0.15) is 44.9 Å². The summed E-state index contributed by atoms with van der Waals surface area (Å²) in [7, 11) is 0. The second-order valence-electron chi connectivity index (χ2n) is 6.70. The van der Waals surface area contributed by atoms with E-state index in [-0.39, 0.29) is 24.4 Å². The van der Waals surface area contributed by atoms with Crippen molar-refractivity contribution in [2.75, 3.05) is 4.90 Å². The van der Waals surface area contributed by atoms with Crippen molar-refractivity contribution in [1.82, 2.24) is 4.98 Å². The highest BCUT2D eigenvalue weighted by molar-refractivity contribution is 6.02. The van der Waals surface area contributed by atoms with Crippen LogP contribution in [0.25, 0.3) is 0 Å². The van der Waals surface area contributed by atoms with Gasteiger partial charge in [-0.05, 0) is 46.2 Å². The minimum atomic E-state index is -4.56. The van der Waals surface area contributed by atoms with Gasteiger partial charge in [0.2, 0.25) is 5.91 Å². The Morgan fingerprint density at radius 1 is 1.29 bits per heavy atom. The van der Waals surface area contributed by atoms with Crippen LogP contribution in [0.4, 0.5) is 19.0 Å². The highest BCUT2D eigenvalue weighted by Crippen LogP contribution is 2.34. The number of aromatic nitrogens is 1. The number of anilines is 1. The summed E-state index contributed by atoms with van der Waals surface area (Å²) in [4.78, 5) is 29.4. The van der Waals surface area contributed by atoms with Crippen molar-refractivity contribution in [2.24, 2.45) is 0 Å². The molecule has 0 aromatic carbocycles. The lowest BCUT2D eigenvalue weighted by Gasteiger charge is -2.27. The predicted octanol–water partition coefficient (Wildman–Crippen LogP) is 3.25. The Kier molecular flexibility index (Phi) is 4.61. The number of esters is 1. The number of hydrogen-bond donors (Lipinski definition) is 0. The van der Waals surface area contributed by atoms with Crippen LogP contribution in [-0.4, -0.2) is 28.5 Å². The number of halogens is 3. The quantitative estimate of drug-likeness (QED) is 0.773. The number of nitrogens with zero attached hydrogens (tertiary/aromatic N) is 2. The monoisotopic (exact) mass is 344 g/mol. The van der Waals surface area contributed by atoms with Crippen LogP contribution < -0.4 is 4.90 Å². The van der Waals surface area contributed by atoms with Crippen LogP contribution in [-0.2, 0) is 20.5 Å². The molecule has 0 saturated carbocycles. The molecule has 0 unspecified atom stereocenters. The molecular weight excluding hydrogens is 325 g/mol. The van der Waals surface area contributed by atoms with Crippen molar-refractivity contribution in [3.05, 3.63) is 23.4 Å². The Labute approximate surface area is 137 Å². The third-order valence-electron chi connectivity index (χ3n) is 3.40. The minimum Gasteiger partial charge on any atom is -0.458 e. The fourth-order valence-electron chi connectivity index (χ4n) is 2.50. The van der Waals surface area contributed by atoms with Gasteiger partial charge < -0.3 is 4.74 Å². The molecule has 8 heteroatoms. The van der Waals surface area contributed by atoms with E-state index in [4.69, 9.17) is 4.74 Å². The molecule has 132 valence electrons. The van der Waals surface area contributed by atoms with Gasteiger partial charge in [-0.1, -0.05) is 0 Å². The first kappa shape index (κ1) is 18.2. The number of rotatable bonds is 2. The number of alkyl halides is 3. The molecule has 1 amide bonds. The Balaban J connectivity index is 2.39. The van der Waals surface area contributed by atoms with Crippen molar-refractivity contribution >= 4 is 17.7 Å². The molecule has 0 N–H and O–H groups in total. The Morgan fingerprint density at radius 2 is 1.92 bits per heavy atom. The van der Waals surface area contributed by atoms with E-state index in [0.717, 1.165) is 17.0 Å². The molecule has 0 bridgehead atoms. The zero-order valence-corrected chi connectivity index (χ0v) is 13.9. The molecule has 1 aliphatic heterocycles. The van der Waals surface area contributed by atoms with Crippen molar-refractivity contribution < 1.29 is 27.5 Å². The average molecular weight is 344 g/mol. The first-order chi connectivity index (χ1) is 10.9. The summed E-state index contributed by atoms with van der Waals surface area (Å²) in [6.45, 7) is 6.44. The lowest BCUT2D eigenvalue weighted by Crippen LogP contribution is -2.42. The number of ether oxygens (including phenoxy) is 1. The minimum absolute atomic E-state index is 0.0564. The summed E-state index contributed by atoms with van der Waals surface area (Å²) in [5.74, 6) is -1.28. The number of pyridine rings is 1. The smallest absolute Gasteiger partial charge is 0.416 e. The largest absolute Gasteiger partial charge is 0.458 e. The molecule has 24 heavy (non-hydrogen) atoms. The second kappa shape index (κ2) is 6.07. The zero-order chi connectivity index (χ0) is 18.3. The summed E-state index contributed by atoms with van der Waals surface area (Å²) < 4.78 is 44.2. The van der Waals surface area contributed by atoms with Crippen LogP contribution in [0, 0.1) is 6.92 Å². The number of carbonyl (C=O) groups is 2. The molecular formula is C16H19F3N2O3. The van der Waals surface area contributed by atoms with Crippen molar-refractivity contribution in [3.8, 4) is 0 Å². The van der Waals surface area contributed by atoms with E-state index in [1.54, 1.807) is 20.8 Å². The lowest BCUT2D eigenvalue weighted by atomic mass is 10.1. The normalized spacial score (nSPS) is 18.9. The van der Waals surface area contributed by atoms with Gasteiger partial charge in [0, 0.05) is 12.1 Å². The van der Waals surface area contributed by atoms with Gasteiger partial charge in [-0.15, -0.1) is 0 Å². The molecule has 1 saturated heterocycles. The summed E-state index contributed by atoms with van der Waals surface area (Å²) in [5, 5.41) is 0. The summed E-state index contributed by atoms with van der Waals surface area (Å²) in [6, 6.07) is 0.715. The summed E-state index contributed by atoms with van der Waals surface area (Å²) >= 11 is 0. The Hall–Kier alpha value is -2.12. The van der Waals surface area contributed by atoms with Crippen molar-refractivity contribution in [1.29, 1.82) is 0 Å². The first-order valence-electron chi connectivity index (χ1n) is 7.49. The third-order valence-corrected chi connectivity index (χ3v) is 3.40. The highest BCUT2D eigenvalue weighted by atomic mass is 19.4. The second-order valence-corrected chi connectivity index (χ2v) is 6.70. The van der Waals surface area contributed by atoms with Crippen LogP contribution in [0.2, 0.25) is 0 Å². The predicted molar refractivity (Wildman–Crippen MR) is 80.3 cm³/mol. The van der Waals surface area contributed by atoms with Gasteiger partial charge in [-0.25, -0.2) is 9.78 Å². The molecule has 0 radical (unpaired) electrons. The van der Waals surface area contributed by atoms with E-state index < -0.39 is 35.3 Å². The number of carbonyl (C=O) groups excluding carboxylic acids is 2. The highest BCUT2D eigenvalue weighted by Gasteiger charge is 2.41. The van der Waals surface area contributed by atoms with Gasteiger partial charge in [-0.3, -0.25) is 9.69 Å². The van der Waals surface area contributed by atoms with Gasteiger partial charge in [0.1, 0.15) is 17.5 Å². The van der Waals surface area contributed by atoms with Crippen molar-refractivity contribution in [3.63, 3.8) is 0 Å². The zero-order valence-electron chi connectivity index (χ0n) is 13.9. The Bertz CT molecular complexity index is 666. The molecule has 2 rings (SSSR count). The third kappa shape index (κ3) is 4.04. The molecule has 5 nitrogen and oxygen atoms in total. The molecule has 0 aliphatic carbocycles. The number of hydrogen-bond acceptors (Lipinski definition) is 4. The van der Waals surface area contributed by atoms with E-state index in [1.807, 2.05) is 0 Å². The van der Waals surface area contributed by atoms with E-state index in [2.05, 4.69) is 4.98 Å². The molecule has 1 aliphatic rings. The molecule has 1 aromatic heterocycles. The number of amides is 1. The van der Waals surface area contributed by atoms with Crippen LogP contribution >= 0.6 is 0 Å². The van der Waals surface area contributed by atoms with Gasteiger partial charge in [0.25, 0.3) is 0 Å². The number of aryl methyl sites for hydroxylation is 1. The van der Waals surface area contributed by atoms with E-state index >= 15 is 0 Å². The van der Waals surface area contributed by atoms with Gasteiger partial charge in [-0.2, -0.15) is 13.2 Å². The van der Waals surface area contributed by atoms with Gasteiger partial charge >= 0.3 is 12.1 Å². The maximum absolute atomic E-state index is 13.0. The SMILES string of the molecule is Cc1cc(C(F)(F)F)cc(N2C(=O)CC[C@H]2C(=O)OC(C)(C)C)n1.